The summed E-state index contributed by atoms with van der Waals surface area (Å²) in [5.41, 5.74) is 1.50. The van der Waals surface area contributed by atoms with Gasteiger partial charge >= 0.3 is 0 Å². The van der Waals surface area contributed by atoms with Crippen LogP contribution in [0, 0.1) is 11.7 Å². The highest BCUT2D eigenvalue weighted by atomic mass is 19.1. The van der Waals surface area contributed by atoms with Crippen LogP contribution in [0.2, 0.25) is 0 Å². The van der Waals surface area contributed by atoms with Gasteiger partial charge in [-0.15, -0.1) is 0 Å². The number of nitrogens with one attached hydrogen (secondary N) is 2. The zero-order chi connectivity index (χ0) is 20.8. The minimum Gasteiger partial charge on any atom is -0.378 e. The molecule has 1 unspecified atom stereocenters. The average molecular weight is 399 g/mol. The second-order valence-corrected chi connectivity index (χ2v) is 7.28. The minimum absolute atomic E-state index is 0.0836. The third-order valence-electron chi connectivity index (χ3n) is 4.87. The number of para-hydroxylation sites is 2. The molecule has 1 atom stereocenters. The molecule has 0 radical (unpaired) electrons. The van der Waals surface area contributed by atoms with Crippen molar-refractivity contribution in [2.75, 3.05) is 36.5 Å². The first-order valence-corrected chi connectivity index (χ1v) is 9.75. The van der Waals surface area contributed by atoms with Gasteiger partial charge in [-0.3, -0.25) is 9.59 Å². The summed E-state index contributed by atoms with van der Waals surface area (Å²) in [7, 11) is 0. The Bertz CT molecular complexity index is 866. The van der Waals surface area contributed by atoms with E-state index in [-0.39, 0.29) is 17.4 Å². The molecule has 2 amide bonds. The highest BCUT2D eigenvalue weighted by molar-refractivity contribution is 6.02. The number of amides is 2. The summed E-state index contributed by atoms with van der Waals surface area (Å²) in [6.07, 6.45) is 0. The van der Waals surface area contributed by atoms with Gasteiger partial charge in [-0.25, -0.2) is 4.39 Å². The van der Waals surface area contributed by atoms with Gasteiger partial charge < -0.3 is 20.3 Å². The van der Waals surface area contributed by atoms with E-state index in [1.165, 1.54) is 18.2 Å². The number of rotatable bonds is 6. The first-order chi connectivity index (χ1) is 14.0. The number of carbonyl (C=O) groups excluding carboxylic acids is 2. The van der Waals surface area contributed by atoms with Crippen molar-refractivity contribution in [2.45, 2.75) is 19.9 Å². The van der Waals surface area contributed by atoms with Gasteiger partial charge in [0.05, 0.1) is 30.2 Å². The van der Waals surface area contributed by atoms with Crippen molar-refractivity contribution in [3.8, 4) is 0 Å². The zero-order valence-electron chi connectivity index (χ0n) is 16.7. The quantitative estimate of drug-likeness (QED) is 0.783. The van der Waals surface area contributed by atoms with E-state index < -0.39 is 17.8 Å². The van der Waals surface area contributed by atoms with Crippen LogP contribution in [0.3, 0.4) is 0 Å². The van der Waals surface area contributed by atoms with Gasteiger partial charge in [0.15, 0.2) is 0 Å². The third kappa shape index (κ3) is 5.12. The van der Waals surface area contributed by atoms with E-state index in [4.69, 9.17) is 4.74 Å². The maximum Gasteiger partial charge on any atom is 0.254 e. The van der Waals surface area contributed by atoms with E-state index in [9.17, 15) is 14.0 Å². The van der Waals surface area contributed by atoms with Crippen molar-refractivity contribution in [3.05, 3.63) is 59.9 Å². The number of nitrogens with zero attached hydrogens (tertiary/aromatic N) is 1. The average Bonchev–Trinajstić information content (AvgIpc) is 2.73. The lowest BCUT2D eigenvalue weighted by molar-refractivity contribution is -0.118. The fourth-order valence-electron chi connectivity index (χ4n) is 3.27. The molecule has 0 bridgehead atoms. The zero-order valence-corrected chi connectivity index (χ0v) is 16.7. The topological polar surface area (TPSA) is 70.7 Å². The molecule has 2 aromatic carbocycles. The number of halogens is 1. The van der Waals surface area contributed by atoms with Crippen molar-refractivity contribution >= 4 is 23.2 Å². The van der Waals surface area contributed by atoms with Gasteiger partial charge in [0, 0.05) is 13.1 Å². The lowest BCUT2D eigenvalue weighted by Gasteiger charge is -2.31. The number of benzene rings is 2. The van der Waals surface area contributed by atoms with Crippen LogP contribution in [0.25, 0.3) is 0 Å². The van der Waals surface area contributed by atoms with Crippen LogP contribution < -0.4 is 15.5 Å². The number of hydrogen-bond donors (Lipinski definition) is 2. The Kier molecular flexibility index (Phi) is 6.82. The second kappa shape index (κ2) is 9.52. The molecular formula is C22H26FN3O3. The second-order valence-electron chi connectivity index (χ2n) is 7.28. The monoisotopic (exact) mass is 399 g/mol. The van der Waals surface area contributed by atoms with Gasteiger partial charge in [-0.1, -0.05) is 38.1 Å². The van der Waals surface area contributed by atoms with E-state index in [1.807, 2.05) is 38.1 Å². The molecule has 154 valence electrons. The molecule has 6 nitrogen and oxygen atoms in total. The number of carbonyl (C=O) groups is 2. The van der Waals surface area contributed by atoms with Gasteiger partial charge in [0.2, 0.25) is 5.91 Å². The predicted molar refractivity (Wildman–Crippen MR) is 111 cm³/mol. The Balaban J connectivity index is 1.75. The summed E-state index contributed by atoms with van der Waals surface area (Å²) >= 11 is 0. The number of anilines is 2. The number of morpholine rings is 1. The predicted octanol–water partition coefficient (Wildman–Crippen LogP) is 3.06. The summed E-state index contributed by atoms with van der Waals surface area (Å²) in [5.74, 6) is -1.75. The van der Waals surface area contributed by atoms with E-state index in [2.05, 4.69) is 15.5 Å². The summed E-state index contributed by atoms with van der Waals surface area (Å²) < 4.78 is 19.3. The molecule has 0 aromatic heterocycles. The Hall–Kier alpha value is -2.93. The van der Waals surface area contributed by atoms with Crippen LogP contribution in [0.15, 0.2) is 48.5 Å². The Morgan fingerprint density at radius 2 is 1.69 bits per heavy atom. The molecular weight excluding hydrogens is 373 g/mol. The van der Waals surface area contributed by atoms with Crippen LogP contribution in [-0.4, -0.2) is 44.2 Å². The van der Waals surface area contributed by atoms with E-state index in [1.54, 1.807) is 6.07 Å². The summed E-state index contributed by atoms with van der Waals surface area (Å²) in [5, 5.41) is 5.60. The van der Waals surface area contributed by atoms with Crippen LogP contribution in [0.1, 0.15) is 24.2 Å². The lowest BCUT2D eigenvalue weighted by atomic mass is 10.0. The highest BCUT2D eigenvalue weighted by Gasteiger charge is 2.27. The fourth-order valence-corrected chi connectivity index (χ4v) is 3.27. The van der Waals surface area contributed by atoms with Crippen molar-refractivity contribution < 1.29 is 18.7 Å². The SMILES string of the molecule is CC(C)C(NC(=O)c1ccccc1F)C(=O)Nc1ccccc1N1CCOCC1. The molecule has 7 heteroatoms. The minimum atomic E-state index is -0.806. The third-order valence-corrected chi connectivity index (χ3v) is 4.87. The highest BCUT2D eigenvalue weighted by Crippen LogP contribution is 2.26. The first kappa shape index (κ1) is 20.8. The molecule has 0 saturated carbocycles. The molecule has 3 rings (SSSR count). The van der Waals surface area contributed by atoms with Crippen LogP contribution in [0.5, 0.6) is 0 Å². The van der Waals surface area contributed by atoms with Crippen molar-refractivity contribution in [3.63, 3.8) is 0 Å². The van der Waals surface area contributed by atoms with Crippen LogP contribution >= 0.6 is 0 Å². The van der Waals surface area contributed by atoms with E-state index in [0.717, 1.165) is 18.8 Å². The summed E-state index contributed by atoms with van der Waals surface area (Å²) in [4.78, 5) is 27.6. The molecule has 1 saturated heterocycles. The largest absolute Gasteiger partial charge is 0.378 e. The first-order valence-electron chi connectivity index (χ1n) is 9.75. The van der Waals surface area contributed by atoms with Gasteiger partial charge in [0.25, 0.3) is 5.91 Å². The number of hydrogen-bond acceptors (Lipinski definition) is 4. The molecule has 2 aromatic rings. The molecule has 2 N–H and O–H groups in total. The molecule has 29 heavy (non-hydrogen) atoms. The van der Waals surface area contributed by atoms with Crippen LogP contribution in [-0.2, 0) is 9.53 Å². The normalized spacial score (nSPS) is 15.1. The fraction of sp³-hybridized carbons (Fsp3) is 0.364. The molecule has 1 aliphatic heterocycles. The van der Waals surface area contributed by atoms with Crippen molar-refractivity contribution in [2.24, 2.45) is 5.92 Å². The van der Waals surface area contributed by atoms with Gasteiger partial charge in [-0.05, 0) is 30.2 Å². The van der Waals surface area contributed by atoms with Crippen molar-refractivity contribution in [1.29, 1.82) is 0 Å². The van der Waals surface area contributed by atoms with E-state index >= 15 is 0 Å². The Labute approximate surface area is 170 Å². The molecule has 0 aliphatic carbocycles. The maximum atomic E-state index is 13.9. The molecule has 1 heterocycles. The van der Waals surface area contributed by atoms with Gasteiger partial charge in [-0.2, -0.15) is 0 Å². The summed E-state index contributed by atoms with van der Waals surface area (Å²) in [6.45, 7) is 6.42. The maximum absolute atomic E-state index is 13.9. The van der Waals surface area contributed by atoms with E-state index in [0.29, 0.717) is 18.9 Å². The lowest BCUT2D eigenvalue weighted by Crippen LogP contribution is -2.47. The smallest absolute Gasteiger partial charge is 0.254 e. The Morgan fingerprint density at radius 1 is 1.03 bits per heavy atom. The van der Waals surface area contributed by atoms with Gasteiger partial charge in [0.1, 0.15) is 11.9 Å². The standard InChI is InChI=1S/C22H26FN3O3/c1-15(2)20(25-21(27)16-7-3-4-8-17(16)23)22(28)24-18-9-5-6-10-19(18)26-11-13-29-14-12-26/h3-10,15,20H,11-14H2,1-2H3,(H,24,28)(H,25,27). The molecule has 0 spiro atoms. The number of ether oxygens (including phenoxy) is 1. The Morgan fingerprint density at radius 3 is 2.38 bits per heavy atom. The molecule has 1 fully saturated rings. The van der Waals surface area contributed by atoms with Crippen molar-refractivity contribution in [1.82, 2.24) is 5.32 Å². The summed E-state index contributed by atoms with van der Waals surface area (Å²) in [6, 6.07) is 12.5. The van der Waals surface area contributed by atoms with Crippen LogP contribution in [0.4, 0.5) is 15.8 Å². The molecule has 1 aliphatic rings.